The maximum absolute atomic E-state index is 13.2. The first-order valence-electron chi connectivity index (χ1n) is 9.28. The number of ether oxygens (including phenoxy) is 3. The molecule has 6 nitrogen and oxygen atoms in total. The number of aliphatic hydroxyl groups is 1. The molecule has 0 heterocycles. The van der Waals surface area contributed by atoms with E-state index in [9.17, 15) is 9.90 Å². The third-order valence-electron chi connectivity index (χ3n) is 4.75. The van der Waals surface area contributed by atoms with Gasteiger partial charge >= 0.3 is 0 Å². The van der Waals surface area contributed by atoms with Gasteiger partial charge in [0.25, 0.3) is 5.91 Å². The van der Waals surface area contributed by atoms with E-state index in [4.69, 9.17) is 14.2 Å². The molecule has 0 saturated carbocycles. The van der Waals surface area contributed by atoms with Gasteiger partial charge in [0.15, 0.2) is 0 Å². The van der Waals surface area contributed by atoms with Crippen LogP contribution in [-0.2, 0) is 0 Å². The molecule has 28 heavy (non-hydrogen) atoms. The van der Waals surface area contributed by atoms with Gasteiger partial charge in [0.1, 0.15) is 23.4 Å². The molecule has 0 aliphatic carbocycles. The van der Waals surface area contributed by atoms with E-state index in [0.717, 1.165) is 5.56 Å². The van der Waals surface area contributed by atoms with Crippen molar-refractivity contribution in [1.82, 2.24) is 4.90 Å². The van der Waals surface area contributed by atoms with Gasteiger partial charge in [-0.15, -0.1) is 0 Å². The summed E-state index contributed by atoms with van der Waals surface area (Å²) in [4.78, 5) is 14.9. The van der Waals surface area contributed by atoms with E-state index in [-0.39, 0.29) is 5.91 Å². The molecule has 1 atom stereocenters. The molecule has 1 amide bonds. The van der Waals surface area contributed by atoms with E-state index in [1.54, 1.807) is 43.4 Å². The molecule has 2 aromatic carbocycles. The molecule has 0 aliphatic rings. The van der Waals surface area contributed by atoms with Crippen molar-refractivity contribution in [3.05, 3.63) is 52.6 Å². The average Bonchev–Trinajstić information content (AvgIpc) is 2.72. The maximum Gasteiger partial charge on any atom is 0.257 e. The maximum atomic E-state index is 13.2. The molecule has 0 unspecified atom stereocenters. The Hall–Kier alpha value is -2.73. The van der Waals surface area contributed by atoms with Crippen molar-refractivity contribution in [1.29, 1.82) is 0 Å². The highest BCUT2D eigenvalue weighted by Gasteiger charge is 2.27. The quantitative estimate of drug-likeness (QED) is 0.750. The van der Waals surface area contributed by atoms with Crippen LogP contribution in [0.1, 0.15) is 47.0 Å². The normalized spacial score (nSPS) is 11.7. The molecule has 2 aromatic rings. The van der Waals surface area contributed by atoms with Crippen LogP contribution < -0.4 is 14.2 Å². The fraction of sp³-hybridized carbons (Fsp3) is 0.409. The van der Waals surface area contributed by atoms with Crippen LogP contribution in [0.3, 0.4) is 0 Å². The zero-order chi connectivity index (χ0) is 20.8. The number of rotatable bonds is 8. The Labute approximate surface area is 166 Å². The van der Waals surface area contributed by atoms with Gasteiger partial charge in [-0.1, -0.05) is 6.07 Å². The molecular formula is C22H29NO5. The number of aliphatic hydroxyl groups excluding tert-OH is 1. The largest absolute Gasteiger partial charge is 0.497 e. The number of nitrogens with zero attached hydrogens (tertiary/aromatic N) is 1. The van der Waals surface area contributed by atoms with Crippen LogP contribution in [0.5, 0.6) is 17.2 Å². The predicted molar refractivity (Wildman–Crippen MR) is 109 cm³/mol. The number of carbonyl (C=O) groups excluding carboxylic acids is 1. The summed E-state index contributed by atoms with van der Waals surface area (Å²) in [7, 11) is 4.63. The topological polar surface area (TPSA) is 68.2 Å². The van der Waals surface area contributed by atoms with E-state index in [1.165, 1.54) is 7.11 Å². The Morgan fingerprint density at radius 3 is 2.00 bits per heavy atom. The van der Waals surface area contributed by atoms with Crippen LogP contribution in [0.2, 0.25) is 0 Å². The molecule has 0 spiro atoms. The zero-order valence-electron chi connectivity index (χ0n) is 17.4. The summed E-state index contributed by atoms with van der Waals surface area (Å²) in [5.74, 6) is 1.39. The fourth-order valence-corrected chi connectivity index (χ4v) is 3.22. The molecule has 152 valence electrons. The molecule has 0 radical (unpaired) electrons. The lowest BCUT2D eigenvalue weighted by Crippen LogP contribution is -2.32. The highest BCUT2D eigenvalue weighted by Crippen LogP contribution is 2.36. The molecular weight excluding hydrogens is 358 g/mol. The Morgan fingerprint density at radius 2 is 1.54 bits per heavy atom. The summed E-state index contributed by atoms with van der Waals surface area (Å²) in [6, 6.07) is 8.81. The second-order valence-corrected chi connectivity index (χ2v) is 6.46. The number of benzene rings is 2. The van der Waals surface area contributed by atoms with E-state index in [0.29, 0.717) is 47.0 Å². The third kappa shape index (κ3) is 4.39. The van der Waals surface area contributed by atoms with Gasteiger partial charge in [0, 0.05) is 24.7 Å². The van der Waals surface area contributed by atoms with E-state index in [1.807, 2.05) is 26.8 Å². The standard InChI is InChI=1S/C22H29NO5/c1-7-23(8-2)22(25)20-18(9-14(3)10-19(20)28-6)21(24)15-11-16(26-4)13-17(12-15)27-5/h9-13,21,24H,7-8H2,1-6H3/t21-/m1/s1. The van der Waals surface area contributed by atoms with Gasteiger partial charge in [-0.25, -0.2) is 0 Å². The van der Waals surface area contributed by atoms with Crippen molar-refractivity contribution in [2.45, 2.75) is 26.9 Å². The summed E-state index contributed by atoms with van der Waals surface area (Å²) >= 11 is 0. The average molecular weight is 387 g/mol. The molecule has 6 heteroatoms. The van der Waals surface area contributed by atoms with Gasteiger partial charge in [-0.2, -0.15) is 0 Å². The lowest BCUT2D eigenvalue weighted by molar-refractivity contribution is 0.0764. The van der Waals surface area contributed by atoms with Gasteiger partial charge < -0.3 is 24.2 Å². The van der Waals surface area contributed by atoms with Gasteiger partial charge in [-0.3, -0.25) is 4.79 Å². The predicted octanol–water partition coefficient (Wildman–Crippen LogP) is 3.58. The number of aryl methyl sites for hydroxylation is 1. The first kappa shape index (κ1) is 21.6. The first-order chi connectivity index (χ1) is 13.4. The van der Waals surface area contributed by atoms with Crippen molar-refractivity contribution >= 4 is 5.91 Å². The number of amides is 1. The van der Waals surface area contributed by atoms with E-state index in [2.05, 4.69) is 0 Å². The number of carbonyl (C=O) groups is 1. The van der Waals surface area contributed by atoms with Crippen LogP contribution in [0.4, 0.5) is 0 Å². The Kier molecular flexibility index (Phi) is 7.29. The van der Waals surface area contributed by atoms with Gasteiger partial charge in [0.05, 0.1) is 26.9 Å². The van der Waals surface area contributed by atoms with Gasteiger partial charge in [-0.05, 0) is 50.1 Å². The summed E-state index contributed by atoms with van der Waals surface area (Å²) in [5, 5.41) is 11.2. The lowest BCUT2D eigenvalue weighted by Gasteiger charge is -2.24. The summed E-state index contributed by atoms with van der Waals surface area (Å²) in [6.07, 6.45) is -1.05. The smallest absolute Gasteiger partial charge is 0.257 e. The van der Waals surface area contributed by atoms with Crippen molar-refractivity contribution in [3.8, 4) is 17.2 Å². The van der Waals surface area contributed by atoms with Crippen molar-refractivity contribution < 1.29 is 24.1 Å². The molecule has 0 saturated heterocycles. The Morgan fingerprint density at radius 1 is 0.964 bits per heavy atom. The zero-order valence-corrected chi connectivity index (χ0v) is 17.4. The summed E-state index contributed by atoms with van der Waals surface area (Å²) in [5.41, 5.74) is 2.31. The minimum Gasteiger partial charge on any atom is -0.497 e. The number of methoxy groups -OCH3 is 3. The Bertz CT molecular complexity index is 808. The molecule has 0 fully saturated rings. The summed E-state index contributed by atoms with van der Waals surface area (Å²) < 4.78 is 16.1. The van der Waals surface area contributed by atoms with Crippen molar-refractivity contribution in [2.24, 2.45) is 0 Å². The van der Waals surface area contributed by atoms with Crippen molar-refractivity contribution in [3.63, 3.8) is 0 Å². The molecule has 0 aromatic heterocycles. The molecule has 0 bridgehead atoms. The van der Waals surface area contributed by atoms with Crippen LogP contribution in [-0.4, -0.2) is 50.3 Å². The van der Waals surface area contributed by atoms with E-state index < -0.39 is 6.10 Å². The molecule has 2 rings (SSSR count). The SMILES string of the molecule is CCN(CC)C(=O)c1c(OC)cc(C)cc1[C@H](O)c1cc(OC)cc(OC)c1. The minimum absolute atomic E-state index is 0.175. The van der Waals surface area contributed by atoms with Crippen molar-refractivity contribution in [2.75, 3.05) is 34.4 Å². The van der Waals surface area contributed by atoms with Crippen LogP contribution in [0.15, 0.2) is 30.3 Å². The van der Waals surface area contributed by atoms with E-state index >= 15 is 0 Å². The molecule has 0 aliphatic heterocycles. The molecule has 1 N–H and O–H groups in total. The highest BCUT2D eigenvalue weighted by molar-refractivity contribution is 5.99. The Balaban J connectivity index is 2.67. The minimum atomic E-state index is -1.05. The monoisotopic (exact) mass is 387 g/mol. The highest BCUT2D eigenvalue weighted by atomic mass is 16.5. The van der Waals surface area contributed by atoms with Crippen LogP contribution in [0.25, 0.3) is 0 Å². The number of hydrogen-bond acceptors (Lipinski definition) is 5. The summed E-state index contributed by atoms with van der Waals surface area (Å²) in [6.45, 7) is 6.87. The lowest BCUT2D eigenvalue weighted by atomic mass is 9.93. The van der Waals surface area contributed by atoms with Gasteiger partial charge in [0.2, 0.25) is 0 Å². The first-order valence-corrected chi connectivity index (χ1v) is 9.28. The third-order valence-corrected chi connectivity index (χ3v) is 4.75. The van der Waals surface area contributed by atoms with Crippen LogP contribution in [0, 0.1) is 6.92 Å². The fourth-order valence-electron chi connectivity index (χ4n) is 3.22. The second-order valence-electron chi connectivity index (χ2n) is 6.46. The number of hydrogen-bond donors (Lipinski definition) is 1. The van der Waals surface area contributed by atoms with Crippen LogP contribution >= 0.6 is 0 Å². The second kappa shape index (κ2) is 9.46.